The van der Waals surface area contributed by atoms with Gasteiger partial charge in [0.15, 0.2) is 0 Å². The van der Waals surface area contributed by atoms with Crippen LogP contribution in [0.15, 0.2) is 0 Å². The largest absolute Gasteiger partial charge is 0.433 e. The monoisotopic (exact) mass is 158 g/mol. The lowest BCUT2D eigenvalue weighted by Gasteiger charge is -2.37. The van der Waals surface area contributed by atoms with E-state index in [4.69, 9.17) is 9.47 Å². The summed E-state index contributed by atoms with van der Waals surface area (Å²) in [5.41, 5.74) is -0.491. The molecular weight excluding hydrogens is 144 g/mol. The van der Waals surface area contributed by atoms with Gasteiger partial charge in [-0.05, 0) is 13.8 Å². The van der Waals surface area contributed by atoms with Gasteiger partial charge in [-0.25, -0.2) is 0 Å². The zero-order valence-electron chi connectivity index (χ0n) is 7.43. The standard InChI is InChI=1S/C8H14O3/c1-7(2)5-10-8(3,4)11-6(7)9/h5H2,1-4H3. The first-order chi connectivity index (χ1) is 4.83. The molecule has 0 atom stereocenters. The van der Waals surface area contributed by atoms with Gasteiger partial charge in [-0.15, -0.1) is 0 Å². The van der Waals surface area contributed by atoms with Gasteiger partial charge >= 0.3 is 5.97 Å². The Labute approximate surface area is 66.7 Å². The van der Waals surface area contributed by atoms with Gasteiger partial charge in [0.1, 0.15) is 0 Å². The van der Waals surface area contributed by atoms with Gasteiger partial charge in [-0.1, -0.05) is 0 Å². The molecule has 0 bridgehead atoms. The van der Waals surface area contributed by atoms with Gasteiger partial charge < -0.3 is 9.47 Å². The van der Waals surface area contributed by atoms with Crippen LogP contribution in [0.5, 0.6) is 0 Å². The number of carbonyl (C=O) groups is 1. The molecule has 1 saturated heterocycles. The summed E-state index contributed by atoms with van der Waals surface area (Å²) in [6, 6.07) is 0. The van der Waals surface area contributed by atoms with Crippen LogP contribution in [0.25, 0.3) is 0 Å². The van der Waals surface area contributed by atoms with Crippen molar-refractivity contribution in [3.63, 3.8) is 0 Å². The highest BCUT2D eigenvalue weighted by Gasteiger charge is 2.41. The lowest BCUT2D eigenvalue weighted by molar-refractivity contribution is -0.259. The van der Waals surface area contributed by atoms with Crippen molar-refractivity contribution < 1.29 is 14.3 Å². The van der Waals surface area contributed by atoms with E-state index in [1.54, 1.807) is 13.8 Å². The van der Waals surface area contributed by atoms with Crippen LogP contribution in [0.3, 0.4) is 0 Å². The van der Waals surface area contributed by atoms with Crippen LogP contribution in [-0.2, 0) is 14.3 Å². The topological polar surface area (TPSA) is 35.5 Å². The molecule has 1 rings (SSSR count). The summed E-state index contributed by atoms with van der Waals surface area (Å²) >= 11 is 0. The Bertz CT molecular complexity index is 182. The maximum absolute atomic E-state index is 11.2. The normalized spacial score (nSPS) is 27.8. The number of ether oxygens (including phenoxy) is 2. The summed E-state index contributed by atoms with van der Waals surface area (Å²) in [6.07, 6.45) is 0. The first kappa shape index (κ1) is 8.53. The highest BCUT2D eigenvalue weighted by atomic mass is 16.7. The molecule has 0 unspecified atom stereocenters. The molecule has 0 aromatic heterocycles. The van der Waals surface area contributed by atoms with Crippen molar-refractivity contribution in [2.45, 2.75) is 33.5 Å². The molecule has 0 aliphatic carbocycles. The van der Waals surface area contributed by atoms with Gasteiger partial charge in [-0.2, -0.15) is 0 Å². The number of hydrogen-bond acceptors (Lipinski definition) is 3. The second kappa shape index (κ2) is 2.21. The molecule has 11 heavy (non-hydrogen) atoms. The molecule has 1 heterocycles. The summed E-state index contributed by atoms with van der Waals surface area (Å²) < 4.78 is 10.3. The van der Waals surface area contributed by atoms with Crippen molar-refractivity contribution >= 4 is 5.97 Å². The van der Waals surface area contributed by atoms with Gasteiger partial charge in [0.2, 0.25) is 5.79 Å². The van der Waals surface area contributed by atoms with Crippen molar-refractivity contribution in [3.8, 4) is 0 Å². The van der Waals surface area contributed by atoms with E-state index in [9.17, 15) is 4.79 Å². The molecule has 0 N–H and O–H groups in total. The highest BCUT2D eigenvalue weighted by molar-refractivity contribution is 5.76. The van der Waals surface area contributed by atoms with E-state index >= 15 is 0 Å². The summed E-state index contributed by atoms with van der Waals surface area (Å²) in [4.78, 5) is 11.2. The van der Waals surface area contributed by atoms with Gasteiger partial charge in [0.05, 0.1) is 12.0 Å². The van der Waals surface area contributed by atoms with Crippen LogP contribution in [0.2, 0.25) is 0 Å². The summed E-state index contributed by atoms with van der Waals surface area (Å²) in [7, 11) is 0. The van der Waals surface area contributed by atoms with E-state index in [1.165, 1.54) is 0 Å². The third-order valence-electron chi connectivity index (χ3n) is 1.67. The third kappa shape index (κ3) is 1.71. The van der Waals surface area contributed by atoms with Crippen LogP contribution in [0.1, 0.15) is 27.7 Å². The van der Waals surface area contributed by atoms with Crippen LogP contribution >= 0.6 is 0 Å². The van der Waals surface area contributed by atoms with E-state index in [-0.39, 0.29) is 5.97 Å². The lowest BCUT2D eigenvalue weighted by atomic mass is 9.94. The second-order valence-electron chi connectivity index (χ2n) is 3.96. The fourth-order valence-electron chi connectivity index (χ4n) is 0.804. The molecule has 3 heteroatoms. The summed E-state index contributed by atoms with van der Waals surface area (Å²) in [5, 5.41) is 0. The quantitative estimate of drug-likeness (QED) is 0.499. The first-order valence-corrected chi connectivity index (χ1v) is 3.71. The molecule has 0 amide bonds. The van der Waals surface area contributed by atoms with E-state index < -0.39 is 11.2 Å². The smallest absolute Gasteiger partial charge is 0.316 e. The predicted octanol–water partition coefficient (Wildman–Crippen LogP) is 1.32. The van der Waals surface area contributed by atoms with Crippen molar-refractivity contribution in [2.24, 2.45) is 5.41 Å². The average molecular weight is 158 g/mol. The molecule has 0 radical (unpaired) electrons. The predicted molar refractivity (Wildman–Crippen MR) is 39.9 cm³/mol. The Morgan fingerprint density at radius 3 is 2.18 bits per heavy atom. The van der Waals surface area contributed by atoms with Gasteiger partial charge in [0, 0.05) is 13.8 Å². The number of carbonyl (C=O) groups excluding carboxylic acids is 1. The Morgan fingerprint density at radius 2 is 1.82 bits per heavy atom. The zero-order chi connectivity index (χ0) is 8.70. The van der Waals surface area contributed by atoms with Crippen molar-refractivity contribution in [2.75, 3.05) is 6.61 Å². The fraction of sp³-hybridized carbons (Fsp3) is 0.875. The molecule has 1 fully saturated rings. The van der Waals surface area contributed by atoms with Crippen LogP contribution in [0.4, 0.5) is 0 Å². The number of esters is 1. The SMILES string of the molecule is CC1(C)OCC(C)(C)C(=O)O1. The van der Waals surface area contributed by atoms with E-state index in [1.807, 2.05) is 13.8 Å². The minimum atomic E-state index is -0.743. The first-order valence-electron chi connectivity index (χ1n) is 3.71. The maximum atomic E-state index is 11.2. The molecule has 1 aliphatic heterocycles. The Morgan fingerprint density at radius 1 is 1.27 bits per heavy atom. The molecule has 64 valence electrons. The second-order valence-corrected chi connectivity index (χ2v) is 3.96. The molecule has 0 aromatic rings. The molecule has 3 nitrogen and oxygen atoms in total. The Hall–Kier alpha value is -0.570. The Balaban J connectivity index is 2.71. The third-order valence-corrected chi connectivity index (χ3v) is 1.67. The number of cyclic esters (lactones) is 1. The highest BCUT2D eigenvalue weighted by Crippen LogP contribution is 2.29. The molecule has 0 saturated carbocycles. The average Bonchev–Trinajstić information content (AvgIpc) is 1.81. The summed E-state index contributed by atoms with van der Waals surface area (Å²) in [6.45, 7) is 7.52. The van der Waals surface area contributed by atoms with Gasteiger partial charge in [-0.3, -0.25) is 4.79 Å². The number of rotatable bonds is 0. The summed E-state index contributed by atoms with van der Waals surface area (Å²) in [5.74, 6) is -0.930. The Kier molecular flexibility index (Phi) is 1.71. The van der Waals surface area contributed by atoms with Crippen molar-refractivity contribution in [3.05, 3.63) is 0 Å². The van der Waals surface area contributed by atoms with E-state index in [2.05, 4.69) is 0 Å². The minimum Gasteiger partial charge on any atom is -0.433 e. The molecule has 0 spiro atoms. The van der Waals surface area contributed by atoms with Crippen molar-refractivity contribution in [1.29, 1.82) is 0 Å². The zero-order valence-corrected chi connectivity index (χ0v) is 7.43. The maximum Gasteiger partial charge on any atom is 0.316 e. The molecular formula is C8H14O3. The minimum absolute atomic E-state index is 0.186. The lowest BCUT2D eigenvalue weighted by Crippen LogP contribution is -2.47. The molecule has 0 aromatic carbocycles. The van der Waals surface area contributed by atoms with Crippen molar-refractivity contribution in [1.82, 2.24) is 0 Å². The van der Waals surface area contributed by atoms with Gasteiger partial charge in [0.25, 0.3) is 0 Å². The van der Waals surface area contributed by atoms with Crippen LogP contribution in [0, 0.1) is 5.41 Å². The van der Waals surface area contributed by atoms with Crippen LogP contribution in [-0.4, -0.2) is 18.4 Å². The van der Waals surface area contributed by atoms with E-state index in [0.717, 1.165) is 0 Å². The number of hydrogen-bond donors (Lipinski definition) is 0. The fourth-order valence-corrected chi connectivity index (χ4v) is 0.804. The van der Waals surface area contributed by atoms with Crippen LogP contribution < -0.4 is 0 Å². The van der Waals surface area contributed by atoms with E-state index in [0.29, 0.717) is 6.61 Å². The molecule has 1 aliphatic rings.